The van der Waals surface area contributed by atoms with Crippen molar-refractivity contribution < 1.29 is 9.59 Å². The molecule has 27 heavy (non-hydrogen) atoms. The molecule has 1 heterocycles. The molecule has 3 aromatic rings. The third-order valence-electron chi connectivity index (χ3n) is 3.98. The molecule has 0 bridgehead atoms. The zero-order valence-corrected chi connectivity index (χ0v) is 16.0. The van der Waals surface area contributed by atoms with E-state index in [2.05, 4.69) is 14.9 Å². The Morgan fingerprint density at radius 2 is 1.78 bits per heavy atom. The second-order valence-corrected chi connectivity index (χ2v) is 6.90. The number of amides is 2. The van der Waals surface area contributed by atoms with E-state index in [-0.39, 0.29) is 24.1 Å². The van der Waals surface area contributed by atoms with Crippen molar-refractivity contribution in [1.82, 2.24) is 14.9 Å². The van der Waals surface area contributed by atoms with Gasteiger partial charge in [-0.25, -0.2) is 0 Å². The summed E-state index contributed by atoms with van der Waals surface area (Å²) < 4.78 is 3.75. The lowest BCUT2D eigenvalue weighted by Gasteiger charge is -2.22. The molecule has 0 aliphatic rings. The number of nitrogens with one attached hydrogen (secondary N) is 1. The van der Waals surface area contributed by atoms with Crippen LogP contribution >= 0.6 is 11.5 Å². The van der Waals surface area contributed by atoms with Gasteiger partial charge in [0.1, 0.15) is 6.54 Å². The van der Waals surface area contributed by atoms with Crippen LogP contribution in [0.2, 0.25) is 0 Å². The predicted molar refractivity (Wildman–Crippen MR) is 106 cm³/mol. The molecule has 7 heteroatoms. The van der Waals surface area contributed by atoms with Crippen molar-refractivity contribution in [3.05, 3.63) is 76.3 Å². The minimum absolute atomic E-state index is 0.0912. The Labute approximate surface area is 162 Å². The number of anilines is 1. The van der Waals surface area contributed by atoms with E-state index in [0.717, 1.165) is 28.2 Å². The molecule has 2 amide bonds. The molecule has 0 unspecified atom stereocenters. The number of rotatable bonds is 6. The van der Waals surface area contributed by atoms with Crippen LogP contribution in [0.15, 0.2) is 53.9 Å². The van der Waals surface area contributed by atoms with Gasteiger partial charge in [0.15, 0.2) is 5.69 Å². The van der Waals surface area contributed by atoms with Gasteiger partial charge in [-0.1, -0.05) is 40.9 Å². The van der Waals surface area contributed by atoms with Crippen LogP contribution in [-0.4, -0.2) is 27.9 Å². The number of hydrogen-bond acceptors (Lipinski definition) is 5. The molecular formula is C20H20N4O2S. The average Bonchev–Trinajstić information content (AvgIpc) is 3.19. The van der Waals surface area contributed by atoms with Crippen molar-refractivity contribution in [3.63, 3.8) is 0 Å². The monoisotopic (exact) mass is 380 g/mol. The quantitative estimate of drug-likeness (QED) is 0.713. The first kappa shape index (κ1) is 18.7. The maximum Gasteiger partial charge on any atom is 0.280 e. The number of aryl methyl sites for hydroxylation is 2. The SMILES string of the molecule is Cc1cc(C)cc(N(CC(=O)NCc2ccccc2)C(=O)c2csnn2)c1. The second-order valence-electron chi connectivity index (χ2n) is 6.29. The van der Waals surface area contributed by atoms with E-state index in [1.807, 2.05) is 62.4 Å². The van der Waals surface area contributed by atoms with Crippen molar-refractivity contribution in [2.24, 2.45) is 0 Å². The molecule has 0 spiro atoms. The molecule has 0 radical (unpaired) electrons. The number of hydrogen-bond donors (Lipinski definition) is 1. The zero-order chi connectivity index (χ0) is 19.2. The van der Waals surface area contributed by atoms with Crippen LogP contribution in [0.4, 0.5) is 5.69 Å². The smallest absolute Gasteiger partial charge is 0.280 e. The van der Waals surface area contributed by atoms with E-state index in [1.165, 1.54) is 4.90 Å². The summed E-state index contributed by atoms with van der Waals surface area (Å²) >= 11 is 1.10. The first-order valence-electron chi connectivity index (χ1n) is 8.51. The fourth-order valence-electron chi connectivity index (χ4n) is 2.78. The Hall–Kier alpha value is -3.06. The van der Waals surface area contributed by atoms with Crippen LogP contribution in [0.1, 0.15) is 27.2 Å². The van der Waals surface area contributed by atoms with E-state index in [0.29, 0.717) is 12.2 Å². The minimum Gasteiger partial charge on any atom is -0.350 e. The summed E-state index contributed by atoms with van der Waals surface area (Å²) in [7, 11) is 0. The van der Waals surface area contributed by atoms with Crippen LogP contribution in [0.5, 0.6) is 0 Å². The Morgan fingerprint density at radius 3 is 2.41 bits per heavy atom. The summed E-state index contributed by atoms with van der Waals surface area (Å²) in [6, 6.07) is 15.4. The topological polar surface area (TPSA) is 75.2 Å². The maximum atomic E-state index is 12.9. The number of carbonyl (C=O) groups is 2. The highest BCUT2D eigenvalue weighted by atomic mass is 32.1. The maximum absolute atomic E-state index is 12.9. The van der Waals surface area contributed by atoms with E-state index in [9.17, 15) is 9.59 Å². The standard InChI is InChI=1S/C20H20N4O2S/c1-14-8-15(2)10-17(9-14)24(20(26)18-13-27-23-22-18)12-19(25)21-11-16-6-4-3-5-7-16/h3-10,13H,11-12H2,1-2H3,(H,21,25). The van der Waals surface area contributed by atoms with Gasteiger partial charge < -0.3 is 5.32 Å². The van der Waals surface area contributed by atoms with Crippen LogP contribution in [0, 0.1) is 13.8 Å². The third kappa shape index (κ3) is 4.98. The lowest BCUT2D eigenvalue weighted by molar-refractivity contribution is -0.119. The zero-order valence-electron chi connectivity index (χ0n) is 15.2. The molecule has 0 fully saturated rings. The summed E-state index contributed by atoms with van der Waals surface area (Å²) in [5, 5.41) is 8.30. The summed E-state index contributed by atoms with van der Waals surface area (Å²) in [4.78, 5) is 26.8. The van der Waals surface area contributed by atoms with Gasteiger partial charge in [-0.05, 0) is 54.2 Å². The average molecular weight is 380 g/mol. The number of carbonyl (C=O) groups excluding carboxylic acids is 2. The molecule has 138 valence electrons. The Kier molecular flexibility index (Phi) is 5.93. The van der Waals surface area contributed by atoms with Crippen LogP contribution in [0.3, 0.4) is 0 Å². The molecule has 0 saturated carbocycles. The van der Waals surface area contributed by atoms with Crippen molar-refractivity contribution >= 4 is 29.0 Å². The van der Waals surface area contributed by atoms with Gasteiger partial charge in [0.05, 0.1) is 0 Å². The molecule has 0 aliphatic carbocycles. The fourth-order valence-corrected chi connectivity index (χ4v) is 3.21. The summed E-state index contributed by atoms with van der Waals surface area (Å²) in [6.45, 7) is 4.23. The highest BCUT2D eigenvalue weighted by Crippen LogP contribution is 2.21. The molecule has 0 aliphatic heterocycles. The third-order valence-corrected chi connectivity index (χ3v) is 4.48. The number of nitrogens with zero attached hydrogens (tertiary/aromatic N) is 3. The van der Waals surface area contributed by atoms with Gasteiger partial charge in [-0.15, -0.1) is 5.10 Å². The number of benzene rings is 2. The van der Waals surface area contributed by atoms with Gasteiger partial charge >= 0.3 is 0 Å². The summed E-state index contributed by atoms with van der Waals surface area (Å²) in [6.07, 6.45) is 0. The molecule has 1 N–H and O–H groups in total. The van der Waals surface area contributed by atoms with Gasteiger partial charge in [0.25, 0.3) is 5.91 Å². The predicted octanol–water partition coefficient (Wildman–Crippen LogP) is 3.12. The largest absolute Gasteiger partial charge is 0.350 e. The lowest BCUT2D eigenvalue weighted by Crippen LogP contribution is -2.41. The molecule has 0 atom stereocenters. The molecular weight excluding hydrogens is 360 g/mol. The van der Waals surface area contributed by atoms with E-state index >= 15 is 0 Å². The second kappa shape index (κ2) is 8.55. The highest BCUT2D eigenvalue weighted by Gasteiger charge is 2.23. The first-order valence-corrected chi connectivity index (χ1v) is 9.34. The van der Waals surface area contributed by atoms with Crippen molar-refractivity contribution in [2.75, 3.05) is 11.4 Å². The summed E-state index contributed by atoms with van der Waals surface area (Å²) in [5.74, 6) is -0.585. The van der Waals surface area contributed by atoms with Crippen LogP contribution in [-0.2, 0) is 11.3 Å². The van der Waals surface area contributed by atoms with Crippen molar-refractivity contribution in [3.8, 4) is 0 Å². The van der Waals surface area contributed by atoms with Crippen LogP contribution in [0.25, 0.3) is 0 Å². The van der Waals surface area contributed by atoms with Crippen molar-refractivity contribution in [1.29, 1.82) is 0 Å². The lowest BCUT2D eigenvalue weighted by atomic mass is 10.1. The van der Waals surface area contributed by atoms with E-state index in [4.69, 9.17) is 0 Å². The molecule has 6 nitrogen and oxygen atoms in total. The Balaban J connectivity index is 1.79. The molecule has 2 aromatic carbocycles. The normalized spacial score (nSPS) is 10.4. The summed E-state index contributed by atoms with van der Waals surface area (Å²) in [5.41, 5.74) is 3.93. The number of aromatic nitrogens is 2. The molecule has 3 rings (SSSR count). The minimum atomic E-state index is -0.344. The van der Waals surface area contributed by atoms with Gasteiger partial charge in [-0.3, -0.25) is 14.5 Å². The highest BCUT2D eigenvalue weighted by molar-refractivity contribution is 7.03. The van der Waals surface area contributed by atoms with E-state index in [1.54, 1.807) is 5.38 Å². The fraction of sp³-hybridized carbons (Fsp3) is 0.200. The Bertz CT molecular complexity index is 906. The van der Waals surface area contributed by atoms with Gasteiger partial charge in [0, 0.05) is 17.6 Å². The molecule has 0 saturated heterocycles. The van der Waals surface area contributed by atoms with Gasteiger partial charge in [-0.2, -0.15) is 0 Å². The van der Waals surface area contributed by atoms with Gasteiger partial charge in [0.2, 0.25) is 5.91 Å². The van der Waals surface area contributed by atoms with Crippen LogP contribution < -0.4 is 10.2 Å². The van der Waals surface area contributed by atoms with E-state index < -0.39 is 0 Å². The Morgan fingerprint density at radius 1 is 1.07 bits per heavy atom. The first-order chi connectivity index (χ1) is 13.0. The van der Waals surface area contributed by atoms with Crippen molar-refractivity contribution in [2.45, 2.75) is 20.4 Å². The molecule has 1 aromatic heterocycles.